The summed E-state index contributed by atoms with van der Waals surface area (Å²) in [6.07, 6.45) is -1.32. The maximum absolute atomic E-state index is 10.1. The van der Waals surface area contributed by atoms with Gasteiger partial charge in [-0.3, -0.25) is 0 Å². The SMILES string of the molecule is CCOC(OCC)C(O)c1ccc(C)cc1. The van der Waals surface area contributed by atoms with Gasteiger partial charge in [0.15, 0.2) is 6.29 Å². The summed E-state index contributed by atoms with van der Waals surface area (Å²) in [6.45, 7) is 6.82. The van der Waals surface area contributed by atoms with Crippen LogP contribution in [0.5, 0.6) is 0 Å². The first-order chi connectivity index (χ1) is 7.69. The molecule has 0 aliphatic heterocycles. The molecule has 0 bridgehead atoms. The van der Waals surface area contributed by atoms with Gasteiger partial charge >= 0.3 is 0 Å². The molecule has 0 heterocycles. The number of aliphatic hydroxyl groups excluding tert-OH is 1. The van der Waals surface area contributed by atoms with Gasteiger partial charge in [0.2, 0.25) is 0 Å². The molecule has 3 heteroatoms. The molecule has 0 saturated heterocycles. The molecule has 0 fully saturated rings. The minimum absolute atomic E-state index is 0.521. The van der Waals surface area contributed by atoms with E-state index in [1.54, 1.807) is 0 Å². The second-order valence-electron chi connectivity index (χ2n) is 3.63. The van der Waals surface area contributed by atoms with Crippen LogP contribution in [0.25, 0.3) is 0 Å². The highest BCUT2D eigenvalue weighted by atomic mass is 16.7. The van der Waals surface area contributed by atoms with Gasteiger partial charge in [-0.25, -0.2) is 0 Å². The van der Waals surface area contributed by atoms with Crippen LogP contribution in [-0.2, 0) is 9.47 Å². The van der Waals surface area contributed by atoms with Gasteiger partial charge in [-0.15, -0.1) is 0 Å². The lowest BCUT2D eigenvalue weighted by Gasteiger charge is -2.22. The first kappa shape index (κ1) is 13.2. The van der Waals surface area contributed by atoms with Gasteiger partial charge in [0.1, 0.15) is 6.10 Å². The van der Waals surface area contributed by atoms with E-state index >= 15 is 0 Å². The number of rotatable bonds is 6. The Bertz CT molecular complexity index is 289. The van der Waals surface area contributed by atoms with Crippen molar-refractivity contribution in [1.29, 1.82) is 0 Å². The predicted octanol–water partition coefficient (Wildman–Crippen LogP) is 2.43. The van der Waals surface area contributed by atoms with Crippen molar-refractivity contribution in [2.24, 2.45) is 0 Å². The van der Waals surface area contributed by atoms with Gasteiger partial charge in [-0.2, -0.15) is 0 Å². The Balaban J connectivity index is 2.72. The molecular weight excluding hydrogens is 204 g/mol. The molecule has 0 spiro atoms. The third kappa shape index (κ3) is 3.59. The molecule has 1 aromatic rings. The molecule has 0 aromatic heterocycles. The smallest absolute Gasteiger partial charge is 0.187 e. The maximum Gasteiger partial charge on any atom is 0.187 e. The van der Waals surface area contributed by atoms with Crippen molar-refractivity contribution in [3.8, 4) is 0 Å². The van der Waals surface area contributed by atoms with Crippen LogP contribution in [0.2, 0.25) is 0 Å². The zero-order valence-corrected chi connectivity index (χ0v) is 10.1. The number of ether oxygens (including phenoxy) is 2. The summed E-state index contributed by atoms with van der Waals surface area (Å²) in [6, 6.07) is 7.72. The van der Waals surface area contributed by atoms with Gasteiger partial charge in [-0.05, 0) is 26.3 Å². The number of hydrogen-bond acceptors (Lipinski definition) is 3. The summed E-state index contributed by atoms with van der Waals surface area (Å²) in [5, 5.41) is 10.1. The number of aryl methyl sites for hydroxylation is 1. The van der Waals surface area contributed by atoms with Crippen molar-refractivity contribution in [2.75, 3.05) is 13.2 Å². The average molecular weight is 224 g/mol. The lowest BCUT2D eigenvalue weighted by molar-refractivity contribution is -0.191. The summed E-state index contributed by atoms with van der Waals surface area (Å²) in [4.78, 5) is 0. The van der Waals surface area contributed by atoms with Gasteiger partial charge in [0, 0.05) is 13.2 Å². The molecule has 3 nitrogen and oxygen atoms in total. The summed E-state index contributed by atoms with van der Waals surface area (Å²) in [7, 11) is 0. The van der Waals surface area contributed by atoms with Crippen LogP contribution >= 0.6 is 0 Å². The fourth-order valence-electron chi connectivity index (χ4n) is 1.48. The monoisotopic (exact) mass is 224 g/mol. The zero-order chi connectivity index (χ0) is 12.0. The summed E-state index contributed by atoms with van der Waals surface area (Å²) in [5.74, 6) is 0. The van der Waals surface area contributed by atoms with Crippen LogP contribution in [0.4, 0.5) is 0 Å². The largest absolute Gasteiger partial charge is 0.383 e. The molecule has 0 amide bonds. The van der Waals surface area contributed by atoms with E-state index in [9.17, 15) is 5.11 Å². The highest BCUT2D eigenvalue weighted by Crippen LogP contribution is 2.20. The van der Waals surface area contributed by atoms with Crippen LogP contribution in [0.3, 0.4) is 0 Å². The molecule has 1 unspecified atom stereocenters. The van der Waals surface area contributed by atoms with Crippen molar-refractivity contribution in [2.45, 2.75) is 33.2 Å². The fraction of sp³-hybridized carbons (Fsp3) is 0.538. The van der Waals surface area contributed by atoms with Crippen molar-refractivity contribution in [1.82, 2.24) is 0 Å². The first-order valence-corrected chi connectivity index (χ1v) is 5.66. The van der Waals surface area contributed by atoms with Gasteiger partial charge < -0.3 is 14.6 Å². The van der Waals surface area contributed by atoms with E-state index in [0.717, 1.165) is 5.56 Å². The highest BCUT2D eigenvalue weighted by molar-refractivity contribution is 5.23. The average Bonchev–Trinajstić information content (AvgIpc) is 2.29. The van der Waals surface area contributed by atoms with Gasteiger partial charge in [-0.1, -0.05) is 29.8 Å². The van der Waals surface area contributed by atoms with E-state index in [4.69, 9.17) is 9.47 Å². The van der Waals surface area contributed by atoms with Crippen LogP contribution in [-0.4, -0.2) is 24.6 Å². The summed E-state index contributed by atoms with van der Waals surface area (Å²) < 4.78 is 10.7. The first-order valence-electron chi connectivity index (χ1n) is 5.66. The molecule has 16 heavy (non-hydrogen) atoms. The Labute approximate surface area is 97.0 Å². The van der Waals surface area contributed by atoms with Crippen molar-refractivity contribution < 1.29 is 14.6 Å². The minimum atomic E-state index is -0.736. The lowest BCUT2D eigenvalue weighted by Crippen LogP contribution is -2.25. The van der Waals surface area contributed by atoms with E-state index in [0.29, 0.717) is 13.2 Å². The number of benzene rings is 1. The molecule has 0 radical (unpaired) electrons. The molecule has 0 aliphatic rings. The Morgan fingerprint density at radius 3 is 2.00 bits per heavy atom. The summed E-state index contributed by atoms with van der Waals surface area (Å²) >= 11 is 0. The molecule has 0 aliphatic carbocycles. The van der Waals surface area contributed by atoms with Gasteiger partial charge in [0.05, 0.1) is 0 Å². The van der Waals surface area contributed by atoms with Crippen LogP contribution in [0.15, 0.2) is 24.3 Å². The van der Waals surface area contributed by atoms with E-state index in [-0.39, 0.29) is 0 Å². The van der Waals surface area contributed by atoms with Crippen LogP contribution in [0, 0.1) is 6.92 Å². The Morgan fingerprint density at radius 1 is 1.06 bits per heavy atom. The third-order valence-corrected chi connectivity index (χ3v) is 2.34. The second kappa shape index (κ2) is 6.63. The quantitative estimate of drug-likeness (QED) is 0.754. The molecule has 1 aromatic carbocycles. The van der Waals surface area contributed by atoms with E-state index < -0.39 is 12.4 Å². The standard InChI is InChI=1S/C13H20O3/c1-4-15-13(16-5-2)12(14)11-8-6-10(3)7-9-11/h6-9,12-14H,4-5H2,1-3H3. The Hall–Kier alpha value is -0.900. The topological polar surface area (TPSA) is 38.7 Å². The normalized spacial score (nSPS) is 13.1. The molecule has 90 valence electrons. The third-order valence-electron chi connectivity index (χ3n) is 2.34. The number of hydrogen-bond donors (Lipinski definition) is 1. The van der Waals surface area contributed by atoms with Crippen molar-refractivity contribution >= 4 is 0 Å². The maximum atomic E-state index is 10.1. The Kier molecular flexibility index (Phi) is 5.46. The van der Waals surface area contributed by atoms with Crippen LogP contribution < -0.4 is 0 Å². The second-order valence-corrected chi connectivity index (χ2v) is 3.63. The van der Waals surface area contributed by atoms with Crippen molar-refractivity contribution in [3.05, 3.63) is 35.4 Å². The van der Waals surface area contributed by atoms with Crippen LogP contribution in [0.1, 0.15) is 31.1 Å². The summed E-state index contributed by atoms with van der Waals surface area (Å²) in [5.41, 5.74) is 1.98. The molecule has 1 rings (SSSR count). The highest BCUT2D eigenvalue weighted by Gasteiger charge is 2.21. The predicted molar refractivity (Wildman–Crippen MR) is 63.2 cm³/mol. The minimum Gasteiger partial charge on any atom is -0.383 e. The molecule has 1 atom stereocenters. The molecular formula is C13H20O3. The number of aliphatic hydroxyl groups is 1. The van der Waals surface area contributed by atoms with Crippen molar-refractivity contribution in [3.63, 3.8) is 0 Å². The van der Waals surface area contributed by atoms with E-state index in [2.05, 4.69) is 0 Å². The molecule has 0 saturated carbocycles. The van der Waals surface area contributed by atoms with E-state index in [1.807, 2.05) is 45.0 Å². The fourth-order valence-corrected chi connectivity index (χ4v) is 1.48. The Morgan fingerprint density at radius 2 is 1.56 bits per heavy atom. The van der Waals surface area contributed by atoms with Gasteiger partial charge in [0.25, 0.3) is 0 Å². The zero-order valence-electron chi connectivity index (χ0n) is 10.1. The molecule has 1 N–H and O–H groups in total. The lowest BCUT2D eigenvalue weighted by atomic mass is 10.1. The van der Waals surface area contributed by atoms with E-state index in [1.165, 1.54) is 5.56 Å².